The Bertz CT molecular complexity index is 1400. The highest BCUT2D eigenvalue weighted by atomic mass is 35.5. The molecule has 3 aromatic rings. The number of halogens is 2. The zero-order valence-electron chi connectivity index (χ0n) is 22.3. The van der Waals surface area contributed by atoms with Crippen molar-refractivity contribution in [2.45, 2.75) is 62.6 Å². The number of hydrogen-bond donors (Lipinski definition) is 1. The summed E-state index contributed by atoms with van der Waals surface area (Å²) in [4.78, 5) is 28.7. The lowest BCUT2D eigenvalue weighted by atomic mass is 10.1. The molecule has 1 atom stereocenters. The molecule has 0 aliphatic heterocycles. The van der Waals surface area contributed by atoms with Gasteiger partial charge in [-0.1, -0.05) is 61.7 Å². The first-order valence-electron chi connectivity index (χ1n) is 13.4. The Balaban J connectivity index is 1.68. The summed E-state index contributed by atoms with van der Waals surface area (Å²) in [6.07, 6.45) is 4.22. The van der Waals surface area contributed by atoms with Crippen LogP contribution in [0.4, 0.5) is 10.1 Å². The molecule has 3 aromatic carbocycles. The summed E-state index contributed by atoms with van der Waals surface area (Å²) in [6, 6.07) is 18.9. The molecule has 1 N–H and O–H groups in total. The molecule has 1 aliphatic carbocycles. The van der Waals surface area contributed by atoms with Crippen molar-refractivity contribution in [1.29, 1.82) is 0 Å². The fourth-order valence-corrected chi connectivity index (χ4v) is 6.47. The first kappa shape index (κ1) is 29.6. The molecule has 0 heterocycles. The first-order valence-corrected chi connectivity index (χ1v) is 15.2. The van der Waals surface area contributed by atoms with Crippen molar-refractivity contribution in [3.63, 3.8) is 0 Å². The highest BCUT2D eigenvalue weighted by Gasteiger charge is 2.34. The number of carbonyl (C=O) groups excluding carboxylic acids is 2. The van der Waals surface area contributed by atoms with Gasteiger partial charge in [0.1, 0.15) is 18.4 Å². The maximum atomic E-state index is 14.0. The van der Waals surface area contributed by atoms with Gasteiger partial charge in [-0.2, -0.15) is 0 Å². The van der Waals surface area contributed by atoms with Gasteiger partial charge in [-0.05, 0) is 73.4 Å². The van der Waals surface area contributed by atoms with Crippen LogP contribution in [-0.2, 0) is 26.2 Å². The number of nitrogens with one attached hydrogen (secondary N) is 1. The lowest BCUT2D eigenvalue weighted by molar-refractivity contribution is -0.140. The molecule has 0 radical (unpaired) electrons. The molecule has 0 saturated heterocycles. The van der Waals surface area contributed by atoms with Gasteiger partial charge in [0.2, 0.25) is 11.8 Å². The van der Waals surface area contributed by atoms with E-state index < -0.39 is 34.3 Å². The third-order valence-corrected chi connectivity index (χ3v) is 9.12. The first-order chi connectivity index (χ1) is 19.2. The Labute approximate surface area is 240 Å². The van der Waals surface area contributed by atoms with Crippen LogP contribution in [0.2, 0.25) is 5.02 Å². The van der Waals surface area contributed by atoms with Gasteiger partial charge in [0, 0.05) is 17.6 Å². The number of hydrogen-bond acceptors (Lipinski definition) is 4. The number of para-hydroxylation sites is 1. The van der Waals surface area contributed by atoms with E-state index in [9.17, 15) is 22.4 Å². The Hall–Kier alpha value is -3.43. The Morgan fingerprint density at radius 1 is 0.975 bits per heavy atom. The zero-order valence-corrected chi connectivity index (χ0v) is 23.9. The summed E-state index contributed by atoms with van der Waals surface area (Å²) >= 11 is 6.06. The average Bonchev–Trinajstić information content (AvgIpc) is 3.46. The molecule has 7 nitrogen and oxygen atoms in total. The highest BCUT2D eigenvalue weighted by molar-refractivity contribution is 7.92. The lowest BCUT2D eigenvalue weighted by Gasteiger charge is -2.33. The van der Waals surface area contributed by atoms with Gasteiger partial charge in [0.25, 0.3) is 10.0 Å². The number of anilines is 1. The summed E-state index contributed by atoms with van der Waals surface area (Å²) < 4.78 is 42.1. The van der Waals surface area contributed by atoms with Crippen LogP contribution in [0.1, 0.15) is 44.6 Å². The molecular formula is C30H33ClFN3O4S. The second-order valence-electron chi connectivity index (χ2n) is 9.86. The molecule has 1 aliphatic rings. The van der Waals surface area contributed by atoms with Crippen molar-refractivity contribution in [2.75, 3.05) is 10.8 Å². The Morgan fingerprint density at radius 3 is 2.20 bits per heavy atom. The van der Waals surface area contributed by atoms with Crippen molar-refractivity contribution in [1.82, 2.24) is 10.2 Å². The van der Waals surface area contributed by atoms with E-state index >= 15 is 0 Å². The number of sulfonamides is 1. The van der Waals surface area contributed by atoms with Crippen molar-refractivity contribution in [3.8, 4) is 0 Å². The molecule has 1 saturated carbocycles. The second-order valence-corrected chi connectivity index (χ2v) is 12.2. The van der Waals surface area contributed by atoms with Crippen LogP contribution in [0.25, 0.3) is 0 Å². The Kier molecular flexibility index (Phi) is 9.81. The van der Waals surface area contributed by atoms with Crippen molar-refractivity contribution >= 4 is 39.1 Å². The maximum Gasteiger partial charge on any atom is 0.264 e. The second kappa shape index (κ2) is 13.3. The highest BCUT2D eigenvalue weighted by Crippen LogP contribution is 2.25. The van der Waals surface area contributed by atoms with E-state index in [1.54, 1.807) is 54.6 Å². The summed E-state index contributed by atoms with van der Waals surface area (Å²) in [5, 5.41) is 3.62. The molecule has 1 fully saturated rings. The number of carbonyl (C=O) groups is 2. The van der Waals surface area contributed by atoms with Crippen LogP contribution in [-0.4, -0.2) is 43.8 Å². The zero-order chi connectivity index (χ0) is 28.7. The van der Waals surface area contributed by atoms with Crippen molar-refractivity contribution in [2.24, 2.45) is 0 Å². The molecule has 0 unspecified atom stereocenters. The van der Waals surface area contributed by atoms with Gasteiger partial charge in [-0.25, -0.2) is 12.8 Å². The quantitative estimate of drug-likeness (QED) is 0.320. The van der Waals surface area contributed by atoms with E-state index in [2.05, 4.69) is 5.32 Å². The number of nitrogens with zero attached hydrogens (tertiary/aromatic N) is 2. The van der Waals surface area contributed by atoms with Crippen LogP contribution in [0, 0.1) is 5.82 Å². The normalized spacial score (nSPS) is 14.5. The third kappa shape index (κ3) is 7.20. The maximum absolute atomic E-state index is 14.0. The van der Waals surface area contributed by atoms with Crippen LogP contribution >= 0.6 is 11.6 Å². The van der Waals surface area contributed by atoms with E-state index in [4.69, 9.17) is 11.6 Å². The van der Waals surface area contributed by atoms with E-state index in [0.29, 0.717) is 11.4 Å². The van der Waals surface area contributed by atoms with Crippen LogP contribution < -0.4 is 9.62 Å². The molecule has 40 heavy (non-hydrogen) atoms. The monoisotopic (exact) mass is 585 g/mol. The third-order valence-electron chi connectivity index (χ3n) is 7.08. The predicted molar refractivity (Wildman–Crippen MR) is 154 cm³/mol. The fraction of sp³-hybridized carbons (Fsp3) is 0.333. The summed E-state index contributed by atoms with van der Waals surface area (Å²) in [6.45, 7) is 1.36. The molecule has 4 rings (SSSR count). The van der Waals surface area contributed by atoms with Crippen molar-refractivity contribution < 1.29 is 22.4 Å². The van der Waals surface area contributed by atoms with Gasteiger partial charge >= 0.3 is 0 Å². The van der Waals surface area contributed by atoms with Gasteiger partial charge < -0.3 is 10.2 Å². The van der Waals surface area contributed by atoms with Crippen molar-refractivity contribution in [3.05, 3.63) is 95.3 Å². The molecule has 0 bridgehead atoms. The average molecular weight is 586 g/mol. The lowest BCUT2D eigenvalue weighted by Crippen LogP contribution is -2.53. The molecular weight excluding hydrogens is 553 g/mol. The number of benzene rings is 3. The predicted octanol–water partition coefficient (Wildman–Crippen LogP) is 5.54. The van der Waals surface area contributed by atoms with E-state index in [-0.39, 0.29) is 29.1 Å². The van der Waals surface area contributed by atoms with Gasteiger partial charge in [0.15, 0.2) is 0 Å². The smallest absolute Gasteiger partial charge is 0.264 e. The van der Waals surface area contributed by atoms with E-state index in [1.807, 2.05) is 6.92 Å². The minimum atomic E-state index is -4.25. The van der Waals surface area contributed by atoms with Crippen LogP contribution in [0.3, 0.4) is 0 Å². The number of rotatable bonds is 11. The molecule has 0 aromatic heterocycles. The van der Waals surface area contributed by atoms with Gasteiger partial charge in [-0.3, -0.25) is 13.9 Å². The van der Waals surface area contributed by atoms with E-state index in [0.717, 1.165) is 47.7 Å². The van der Waals surface area contributed by atoms with E-state index in [1.165, 1.54) is 17.0 Å². The fourth-order valence-electron chi connectivity index (χ4n) is 4.93. The standard InChI is InChI=1S/C30H33ClFN3O4S/c1-2-28(30(37)33-25-8-6-7-9-25)34(20-22-12-14-23(31)15-13-22)29(36)21-35(26-10-4-3-5-11-26)40(38,39)27-18-16-24(32)17-19-27/h3-5,10-19,25,28H,2,6-9,20-21H2,1H3,(H,33,37)/t28-/m0/s1. The summed E-state index contributed by atoms with van der Waals surface area (Å²) in [5.41, 5.74) is 1.02. The number of amides is 2. The topological polar surface area (TPSA) is 86.8 Å². The molecule has 212 valence electrons. The molecule has 10 heteroatoms. The van der Waals surface area contributed by atoms with Gasteiger partial charge in [0.05, 0.1) is 10.6 Å². The summed E-state index contributed by atoms with van der Waals surface area (Å²) in [5.74, 6) is -1.38. The molecule has 2 amide bonds. The minimum absolute atomic E-state index is 0.0636. The van der Waals surface area contributed by atoms with Crippen LogP contribution in [0.15, 0.2) is 83.8 Å². The SMILES string of the molecule is CC[C@@H](C(=O)NC1CCCC1)N(Cc1ccc(Cl)cc1)C(=O)CN(c1ccccc1)S(=O)(=O)c1ccc(F)cc1. The molecule has 0 spiro atoms. The Morgan fingerprint density at radius 2 is 1.60 bits per heavy atom. The van der Waals surface area contributed by atoms with Crippen LogP contribution in [0.5, 0.6) is 0 Å². The largest absolute Gasteiger partial charge is 0.352 e. The minimum Gasteiger partial charge on any atom is -0.352 e. The van der Waals surface area contributed by atoms with Gasteiger partial charge in [-0.15, -0.1) is 0 Å². The summed E-state index contributed by atoms with van der Waals surface area (Å²) in [7, 11) is -4.25.